The number of hydrogen-bond donors (Lipinski definition) is 2. The van der Waals surface area contributed by atoms with Crippen molar-refractivity contribution in [1.29, 1.82) is 0 Å². The molecule has 0 radical (unpaired) electrons. The molecule has 24 heavy (non-hydrogen) atoms. The normalized spacial score (nSPS) is 10.8. The molecule has 124 valence electrons. The Labute approximate surface area is 137 Å². The molecule has 3 aromatic rings. The fourth-order valence-corrected chi connectivity index (χ4v) is 2.16. The Morgan fingerprint density at radius 1 is 1.29 bits per heavy atom. The minimum atomic E-state index is -0.244. The highest BCUT2D eigenvalue weighted by atomic mass is 16.2. The maximum Gasteiger partial charge on any atom is 0.247 e. The maximum atomic E-state index is 12.0. The third-order valence-electron chi connectivity index (χ3n) is 3.24. The number of carbonyl (C=O) groups is 1. The lowest BCUT2D eigenvalue weighted by atomic mass is 10.2. The van der Waals surface area contributed by atoms with E-state index < -0.39 is 0 Å². The number of hydrogen-bond acceptors (Lipinski definition) is 7. The number of aromatic nitrogens is 7. The third kappa shape index (κ3) is 3.54. The van der Waals surface area contributed by atoms with Crippen LogP contribution in [0, 0.1) is 6.92 Å². The van der Waals surface area contributed by atoms with Crippen molar-refractivity contribution < 1.29 is 4.79 Å². The highest BCUT2D eigenvalue weighted by Crippen LogP contribution is 2.17. The molecule has 10 heteroatoms. The maximum absolute atomic E-state index is 12.0. The van der Waals surface area contributed by atoms with Crippen molar-refractivity contribution in [2.75, 3.05) is 11.1 Å². The number of aryl methyl sites for hydroxylation is 2. The van der Waals surface area contributed by atoms with Crippen molar-refractivity contribution in [3.63, 3.8) is 0 Å². The van der Waals surface area contributed by atoms with Crippen LogP contribution < -0.4 is 11.1 Å². The van der Waals surface area contributed by atoms with Gasteiger partial charge < -0.3 is 11.1 Å². The van der Waals surface area contributed by atoms with Gasteiger partial charge in [0.15, 0.2) is 5.82 Å². The van der Waals surface area contributed by atoms with E-state index in [9.17, 15) is 4.79 Å². The van der Waals surface area contributed by atoms with Crippen LogP contribution in [-0.2, 0) is 17.9 Å². The van der Waals surface area contributed by atoms with Gasteiger partial charge in [-0.25, -0.2) is 9.97 Å². The molecular weight excluding hydrogens is 310 g/mol. The summed E-state index contributed by atoms with van der Waals surface area (Å²) in [5.74, 6) is 0.370. The van der Waals surface area contributed by atoms with Crippen molar-refractivity contribution in [2.24, 2.45) is 0 Å². The molecule has 0 aromatic carbocycles. The molecule has 0 unspecified atom stereocenters. The van der Waals surface area contributed by atoms with Gasteiger partial charge >= 0.3 is 0 Å². The zero-order chi connectivity index (χ0) is 17.1. The Morgan fingerprint density at radius 3 is 2.83 bits per heavy atom. The van der Waals surface area contributed by atoms with Crippen LogP contribution in [0.3, 0.4) is 0 Å². The van der Waals surface area contributed by atoms with E-state index in [0.29, 0.717) is 18.1 Å². The van der Waals surface area contributed by atoms with E-state index in [-0.39, 0.29) is 18.4 Å². The standard InChI is InChI=1S/C14H17N9O/c1-3-22-7-12(20-21-22)19-13(24)8-23-6-10(5-16-23)11-4-9(2)17-14(15)18-11/h4-7H,3,8H2,1-2H3,(H,19,24)(H2,15,17,18). The first kappa shape index (κ1) is 15.6. The van der Waals surface area contributed by atoms with Gasteiger partial charge in [0, 0.05) is 24.0 Å². The van der Waals surface area contributed by atoms with Crippen molar-refractivity contribution in [1.82, 2.24) is 34.7 Å². The SMILES string of the molecule is CCn1cc(NC(=O)Cn2cc(-c3cc(C)nc(N)n3)cn2)nn1. The number of nitrogens with two attached hydrogens (primary N) is 1. The van der Waals surface area contributed by atoms with Gasteiger partial charge in [0.25, 0.3) is 0 Å². The molecule has 0 spiro atoms. The molecule has 0 fully saturated rings. The van der Waals surface area contributed by atoms with Crippen LogP contribution in [0.15, 0.2) is 24.7 Å². The van der Waals surface area contributed by atoms with Gasteiger partial charge in [-0.1, -0.05) is 5.21 Å². The van der Waals surface area contributed by atoms with E-state index >= 15 is 0 Å². The predicted octanol–water partition coefficient (Wildman–Crippen LogP) is 0.481. The largest absolute Gasteiger partial charge is 0.368 e. The molecule has 3 rings (SSSR count). The summed E-state index contributed by atoms with van der Waals surface area (Å²) in [4.78, 5) is 20.2. The summed E-state index contributed by atoms with van der Waals surface area (Å²) in [5.41, 5.74) is 7.85. The summed E-state index contributed by atoms with van der Waals surface area (Å²) in [6, 6.07) is 1.81. The zero-order valence-electron chi connectivity index (χ0n) is 13.3. The van der Waals surface area contributed by atoms with Crippen LogP contribution >= 0.6 is 0 Å². The lowest BCUT2D eigenvalue weighted by molar-refractivity contribution is -0.116. The highest BCUT2D eigenvalue weighted by molar-refractivity contribution is 5.89. The molecular formula is C14H17N9O. The minimum Gasteiger partial charge on any atom is -0.368 e. The second-order valence-electron chi connectivity index (χ2n) is 5.19. The number of nitrogens with one attached hydrogen (secondary N) is 1. The first-order valence-electron chi connectivity index (χ1n) is 7.37. The van der Waals surface area contributed by atoms with E-state index in [2.05, 4.69) is 30.7 Å². The molecule has 0 aliphatic heterocycles. The summed E-state index contributed by atoms with van der Waals surface area (Å²) in [6.07, 6.45) is 5.02. The molecule has 0 aliphatic carbocycles. The number of amides is 1. The van der Waals surface area contributed by atoms with Gasteiger partial charge in [-0.2, -0.15) is 5.10 Å². The van der Waals surface area contributed by atoms with E-state index in [1.165, 1.54) is 4.68 Å². The third-order valence-corrected chi connectivity index (χ3v) is 3.24. The molecule has 3 N–H and O–H groups in total. The Kier molecular flexibility index (Phi) is 4.18. The monoisotopic (exact) mass is 327 g/mol. The van der Waals surface area contributed by atoms with Gasteiger partial charge in [-0.15, -0.1) is 5.10 Å². The van der Waals surface area contributed by atoms with Gasteiger partial charge in [0.1, 0.15) is 6.54 Å². The molecule has 0 aliphatic rings. The number of anilines is 2. The fourth-order valence-electron chi connectivity index (χ4n) is 2.16. The van der Waals surface area contributed by atoms with Gasteiger partial charge in [0.2, 0.25) is 11.9 Å². The highest BCUT2D eigenvalue weighted by Gasteiger charge is 2.10. The molecule has 0 atom stereocenters. The number of rotatable bonds is 5. The quantitative estimate of drug-likeness (QED) is 0.697. The average Bonchev–Trinajstić information content (AvgIpc) is 3.15. The van der Waals surface area contributed by atoms with Crippen molar-refractivity contribution in [3.05, 3.63) is 30.4 Å². The molecule has 0 saturated heterocycles. The molecule has 0 bridgehead atoms. The summed E-state index contributed by atoms with van der Waals surface area (Å²) in [7, 11) is 0. The zero-order valence-corrected chi connectivity index (χ0v) is 13.3. The summed E-state index contributed by atoms with van der Waals surface area (Å²) in [5, 5.41) is 14.6. The topological polar surface area (TPSA) is 129 Å². The van der Waals surface area contributed by atoms with Crippen LogP contribution in [-0.4, -0.2) is 40.6 Å². The molecule has 3 aromatic heterocycles. The molecule has 3 heterocycles. The van der Waals surface area contributed by atoms with Crippen LogP contribution in [0.4, 0.5) is 11.8 Å². The Bertz CT molecular complexity index is 847. The summed E-state index contributed by atoms with van der Waals surface area (Å²) in [6.45, 7) is 4.52. The Hall–Kier alpha value is -3.30. The van der Waals surface area contributed by atoms with Crippen LogP contribution in [0.25, 0.3) is 11.3 Å². The van der Waals surface area contributed by atoms with Gasteiger partial charge in [-0.05, 0) is 19.9 Å². The Balaban J connectivity index is 1.68. The molecule has 1 amide bonds. The Morgan fingerprint density at radius 2 is 2.12 bits per heavy atom. The first-order valence-corrected chi connectivity index (χ1v) is 7.37. The van der Waals surface area contributed by atoms with E-state index in [4.69, 9.17) is 5.73 Å². The van der Waals surface area contributed by atoms with E-state index in [1.54, 1.807) is 29.3 Å². The lowest BCUT2D eigenvalue weighted by Gasteiger charge is -2.02. The van der Waals surface area contributed by atoms with Crippen molar-refractivity contribution in [2.45, 2.75) is 26.9 Å². The van der Waals surface area contributed by atoms with Gasteiger partial charge in [0.05, 0.1) is 18.1 Å². The van der Waals surface area contributed by atoms with Gasteiger partial charge in [-0.3, -0.25) is 14.2 Å². The van der Waals surface area contributed by atoms with Crippen LogP contribution in [0.2, 0.25) is 0 Å². The summed E-state index contributed by atoms with van der Waals surface area (Å²) < 4.78 is 3.14. The smallest absolute Gasteiger partial charge is 0.247 e. The fraction of sp³-hybridized carbons (Fsp3) is 0.286. The average molecular weight is 327 g/mol. The number of carbonyl (C=O) groups excluding carboxylic acids is 1. The van der Waals surface area contributed by atoms with Crippen LogP contribution in [0.1, 0.15) is 12.6 Å². The first-order chi connectivity index (χ1) is 11.5. The predicted molar refractivity (Wildman–Crippen MR) is 86.7 cm³/mol. The number of nitrogens with zero attached hydrogens (tertiary/aromatic N) is 7. The van der Waals surface area contributed by atoms with Crippen LogP contribution in [0.5, 0.6) is 0 Å². The minimum absolute atomic E-state index is 0.0541. The molecule has 0 saturated carbocycles. The van der Waals surface area contributed by atoms with Crippen molar-refractivity contribution >= 4 is 17.7 Å². The number of nitrogen functional groups attached to an aromatic ring is 1. The molecule has 10 nitrogen and oxygen atoms in total. The second-order valence-corrected chi connectivity index (χ2v) is 5.19. The second kappa shape index (κ2) is 6.44. The summed E-state index contributed by atoms with van der Waals surface area (Å²) >= 11 is 0. The van der Waals surface area contributed by atoms with E-state index in [0.717, 1.165) is 11.3 Å². The lowest BCUT2D eigenvalue weighted by Crippen LogP contribution is -2.19. The van der Waals surface area contributed by atoms with E-state index in [1.807, 2.05) is 13.8 Å². The van der Waals surface area contributed by atoms with Crippen molar-refractivity contribution in [3.8, 4) is 11.3 Å².